The topological polar surface area (TPSA) is 49.7 Å². The van der Waals surface area contributed by atoms with Crippen LogP contribution in [0.5, 0.6) is 23.0 Å². The minimum absolute atomic E-state index is 0.182. The summed E-state index contributed by atoms with van der Waals surface area (Å²) in [4.78, 5) is 0. The van der Waals surface area contributed by atoms with Gasteiger partial charge in [0.2, 0.25) is 0 Å². The zero-order valence-corrected chi connectivity index (χ0v) is 12.2. The Labute approximate surface area is 133 Å². The van der Waals surface area contributed by atoms with Gasteiger partial charge in [0.1, 0.15) is 23.0 Å². The molecular weight excluding hydrogens is 288 g/mol. The van der Waals surface area contributed by atoms with E-state index < -0.39 is 0 Å². The standard InChI is InChI=1S/C20H14O3/c21-16-9-3-8-15-14(16)7-4-11-18(15)23-19-12-2-6-13-5-1-10-17(22)20(13)19/h1-12,21-22H. The maximum Gasteiger partial charge on any atom is 0.139 e. The predicted octanol–water partition coefficient (Wildman–Crippen LogP) is 5.20. The molecule has 0 bridgehead atoms. The highest BCUT2D eigenvalue weighted by molar-refractivity contribution is 5.96. The Kier molecular flexibility index (Phi) is 3.05. The molecule has 4 rings (SSSR count). The van der Waals surface area contributed by atoms with E-state index in [-0.39, 0.29) is 11.5 Å². The SMILES string of the molecule is Oc1cccc2c(Oc3cccc4cccc(O)c34)cccc12. The van der Waals surface area contributed by atoms with Crippen LogP contribution in [0.4, 0.5) is 0 Å². The average Bonchev–Trinajstić information content (AvgIpc) is 2.56. The lowest BCUT2D eigenvalue weighted by Crippen LogP contribution is -1.88. The molecule has 0 amide bonds. The molecule has 3 nitrogen and oxygen atoms in total. The minimum atomic E-state index is 0.182. The first-order valence-corrected chi connectivity index (χ1v) is 7.33. The summed E-state index contributed by atoms with van der Waals surface area (Å²) in [6.07, 6.45) is 0. The third-order valence-corrected chi connectivity index (χ3v) is 3.92. The fourth-order valence-corrected chi connectivity index (χ4v) is 2.84. The first kappa shape index (κ1) is 13.5. The van der Waals surface area contributed by atoms with E-state index in [4.69, 9.17) is 4.74 Å². The van der Waals surface area contributed by atoms with Gasteiger partial charge in [-0.05, 0) is 29.7 Å². The second kappa shape index (κ2) is 5.21. The summed E-state index contributed by atoms with van der Waals surface area (Å²) >= 11 is 0. The summed E-state index contributed by atoms with van der Waals surface area (Å²) in [7, 11) is 0. The van der Waals surface area contributed by atoms with Crippen molar-refractivity contribution in [3.63, 3.8) is 0 Å². The van der Waals surface area contributed by atoms with Crippen LogP contribution in [0.3, 0.4) is 0 Å². The molecule has 0 heterocycles. The Morgan fingerprint density at radius 1 is 0.565 bits per heavy atom. The summed E-state index contributed by atoms with van der Waals surface area (Å²) in [5.41, 5.74) is 0. The lowest BCUT2D eigenvalue weighted by molar-refractivity contribution is 0.469. The van der Waals surface area contributed by atoms with E-state index in [1.165, 1.54) is 0 Å². The maximum atomic E-state index is 10.2. The van der Waals surface area contributed by atoms with Gasteiger partial charge in [-0.1, -0.05) is 48.5 Å². The van der Waals surface area contributed by atoms with Crippen LogP contribution in [0.2, 0.25) is 0 Å². The van der Waals surface area contributed by atoms with Gasteiger partial charge in [-0.3, -0.25) is 0 Å². The molecule has 0 aliphatic rings. The van der Waals surface area contributed by atoms with E-state index in [0.717, 1.165) is 16.2 Å². The Balaban J connectivity index is 1.91. The molecule has 4 aromatic carbocycles. The molecule has 0 saturated carbocycles. The van der Waals surface area contributed by atoms with Gasteiger partial charge in [-0.25, -0.2) is 0 Å². The van der Waals surface area contributed by atoms with Crippen LogP contribution < -0.4 is 4.74 Å². The van der Waals surface area contributed by atoms with Crippen molar-refractivity contribution >= 4 is 21.5 Å². The van der Waals surface area contributed by atoms with Gasteiger partial charge < -0.3 is 14.9 Å². The quantitative estimate of drug-likeness (QED) is 0.535. The number of hydrogen-bond donors (Lipinski definition) is 2. The van der Waals surface area contributed by atoms with Crippen molar-refractivity contribution < 1.29 is 14.9 Å². The lowest BCUT2D eigenvalue weighted by atomic mass is 10.1. The summed E-state index contributed by atoms with van der Waals surface area (Å²) in [6, 6.07) is 21.9. The third-order valence-electron chi connectivity index (χ3n) is 3.92. The smallest absolute Gasteiger partial charge is 0.139 e. The molecule has 0 radical (unpaired) electrons. The van der Waals surface area contributed by atoms with Crippen molar-refractivity contribution in [2.75, 3.05) is 0 Å². The Hall–Kier alpha value is -3.20. The Morgan fingerprint density at radius 2 is 1.17 bits per heavy atom. The zero-order valence-electron chi connectivity index (χ0n) is 12.2. The van der Waals surface area contributed by atoms with Crippen molar-refractivity contribution in [2.24, 2.45) is 0 Å². The monoisotopic (exact) mass is 302 g/mol. The molecule has 3 heteroatoms. The van der Waals surface area contributed by atoms with Crippen LogP contribution in [0.15, 0.2) is 72.8 Å². The van der Waals surface area contributed by atoms with Gasteiger partial charge in [0.25, 0.3) is 0 Å². The van der Waals surface area contributed by atoms with Crippen molar-refractivity contribution in [3.8, 4) is 23.0 Å². The number of benzene rings is 4. The number of fused-ring (bicyclic) bond motifs is 2. The highest BCUT2D eigenvalue weighted by Crippen LogP contribution is 2.39. The molecule has 112 valence electrons. The molecule has 0 unspecified atom stereocenters. The zero-order chi connectivity index (χ0) is 15.8. The van der Waals surface area contributed by atoms with Crippen molar-refractivity contribution in [2.45, 2.75) is 0 Å². The van der Waals surface area contributed by atoms with E-state index in [9.17, 15) is 10.2 Å². The first-order valence-electron chi connectivity index (χ1n) is 7.33. The van der Waals surface area contributed by atoms with Gasteiger partial charge in [-0.2, -0.15) is 0 Å². The third kappa shape index (κ3) is 2.23. The number of hydrogen-bond acceptors (Lipinski definition) is 3. The van der Waals surface area contributed by atoms with Gasteiger partial charge in [0.15, 0.2) is 0 Å². The number of phenols is 2. The molecule has 0 fully saturated rings. The Morgan fingerprint density at radius 3 is 2.04 bits per heavy atom. The molecule has 0 aliphatic carbocycles. The van der Waals surface area contributed by atoms with Crippen LogP contribution in [-0.4, -0.2) is 10.2 Å². The van der Waals surface area contributed by atoms with Crippen LogP contribution >= 0.6 is 0 Å². The van der Waals surface area contributed by atoms with E-state index in [2.05, 4.69) is 0 Å². The molecule has 0 spiro atoms. The lowest BCUT2D eigenvalue weighted by Gasteiger charge is -2.12. The van der Waals surface area contributed by atoms with Crippen LogP contribution in [-0.2, 0) is 0 Å². The molecule has 0 saturated heterocycles. The van der Waals surface area contributed by atoms with Gasteiger partial charge >= 0.3 is 0 Å². The van der Waals surface area contributed by atoms with Crippen LogP contribution in [0.25, 0.3) is 21.5 Å². The summed E-state index contributed by atoms with van der Waals surface area (Å²) in [5.74, 6) is 1.61. The number of ether oxygens (including phenoxy) is 1. The van der Waals surface area contributed by atoms with Crippen LogP contribution in [0.1, 0.15) is 0 Å². The van der Waals surface area contributed by atoms with Crippen molar-refractivity contribution in [1.29, 1.82) is 0 Å². The highest BCUT2D eigenvalue weighted by Gasteiger charge is 2.10. The molecule has 2 N–H and O–H groups in total. The van der Waals surface area contributed by atoms with Crippen molar-refractivity contribution in [1.82, 2.24) is 0 Å². The van der Waals surface area contributed by atoms with Gasteiger partial charge in [-0.15, -0.1) is 0 Å². The molecule has 0 aromatic heterocycles. The van der Waals surface area contributed by atoms with Crippen LogP contribution in [0, 0.1) is 0 Å². The number of phenolic OH excluding ortho intramolecular Hbond substituents is 2. The van der Waals surface area contributed by atoms with E-state index >= 15 is 0 Å². The molecular formula is C20H14O3. The average molecular weight is 302 g/mol. The fourth-order valence-electron chi connectivity index (χ4n) is 2.84. The first-order chi connectivity index (χ1) is 11.2. The van der Waals surface area contributed by atoms with Crippen molar-refractivity contribution in [3.05, 3.63) is 72.8 Å². The second-order valence-corrected chi connectivity index (χ2v) is 5.36. The van der Waals surface area contributed by atoms with Gasteiger partial charge in [0.05, 0.1) is 5.39 Å². The number of aromatic hydroxyl groups is 2. The molecule has 23 heavy (non-hydrogen) atoms. The number of rotatable bonds is 2. The minimum Gasteiger partial charge on any atom is -0.507 e. The molecule has 4 aromatic rings. The summed E-state index contributed by atoms with van der Waals surface area (Å²) < 4.78 is 6.07. The second-order valence-electron chi connectivity index (χ2n) is 5.36. The van der Waals surface area contributed by atoms with E-state index in [1.807, 2.05) is 48.5 Å². The Bertz CT molecular complexity index is 1020. The molecule has 0 aliphatic heterocycles. The largest absolute Gasteiger partial charge is 0.507 e. The fraction of sp³-hybridized carbons (Fsp3) is 0. The highest BCUT2D eigenvalue weighted by atomic mass is 16.5. The normalized spacial score (nSPS) is 11.0. The van der Waals surface area contributed by atoms with E-state index in [0.29, 0.717) is 16.9 Å². The van der Waals surface area contributed by atoms with Gasteiger partial charge in [0, 0.05) is 10.8 Å². The summed E-state index contributed by atoms with van der Waals surface area (Å²) in [6.45, 7) is 0. The molecule has 0 atom stereocenters. The maximum absolute atomic E-state index is 10.2. The summed E-state index contributed by atoms with van der Waals surface area (Å²) in [5, 5.41) is 23.3. The van der Waals surface area contributed by atoms with E-state index in [1.54, 1.807) is 24.3 Å². The predicted molar refractivity (Wildman–Crippen MR) is 91.3 cm³/mol.